The number of carbonyl (C=O) groups is 2. The number of ether oxygens (including phenoxy) is 1. The van der Waals surface area contributed by atoms with E-state index in [2.05, 4.69) is 17.6 Å². The summed E-state index contributed by atoms with van der Waals surface area (Å²) in [5.74, 6) is 0.822. The van der Waals surface area contributed by atoms with Crippen molar-refractivity contribution in [2.75, 3.05) is 28.7 Å². The van der Waals surface area contributed by atoms with E-state index in [1.165, 1.54) is 11.3 Å². The maximum atomic E-state index is 12.8. The number of aryl methyl sites for hydroxylation is 1. The first kappa shape index (κ1) is 21.9. The first-order valence-corrected chi connectivity index (χ1v) is 11.8. The number of unbranched alkanes of at least 4 members (excludes halogenated alkanes) is 1. The third-order valence-electron chi connectivity index (χ3n) is 5.31. The highest BCUT2D eigenvalue weighted by Crippen LogP contribution is 2.31. The van der Waals surface area contributed by atoms with Gasteiger partial charge in [0, 0.05) is 23.6 Å². The molecular formula is C25H27N3O3S. The van der Waals surface area contributed by atoms with Crippen LogP contribution >= 0.6 is 11.3 Å². The van der Waals surface area contributed by atoms with Crippen molar-refractivity contribution in [1.82, 2.24) is 0 Å². The zero-order chi connectivity index (χ0) is 22.3. The van der Waals surface area contributed by atoms with Gasteiger partial charge in [0.1, 0.15) is 5.75 Å². The number of carbonyl (C=O) groups excluding carboxylic acids is 2. The maximum absolute atomic E-state index is 12.8. The average Bonchev–Trinajstić information content (AvgIpc) is 3.34. The summed E-state index contributed by atoms with van der Waals surface area (Å²) in [6.45, 7) is 3.52. The van der Waals surface area contributed by atoms with Gasteiger partial charge in [-0.05, 0) is 78.7 Å². The fourth-order valence-electron chi connectivity index (χ4n) is 3.68. The van der Waals surface area contributed by atoms with Crippen LogP contribution in [-0.2, 0) is 6.42 Å². The van der Waals surface area contributed by atoms with E-state index in [9.17, 15) is 9.59 Å². The number of hydrogen-bond acceptors (Lipinski definition) is 4. The van der Waals surface area contributed by atoms with Crippen LogP contribution in [0.5, 0.6) is 5.75 Å². The second kappa shape index (κ2) is 10.3. The van der Waals surface area contributed by atoms with Crippen LogP contribution in [0.2, 0.25) is 0 Å². The number of thiophene rings is 1. The van der Waals surface area contributed by atoms with Crippen LogP contribution in [0.1, 0.15) is 41.4 Å². The van der Waals surface area contributed by atoms with Crippen molar-refractivity contribution in [3.05, 3.63) is 70.4 Å². The van der Waals surface area contributed by atoms with Crippen LogP contribution in [0.3, 0.4) is 0 Å². The number of anilines is 3. The third kappa shape index (κ3) is 5.29. The summed E-state index contributed by atoms with van der Waals surface area (Å²) >= 11 is 1.45. The fourth-order valence-corrected chi connectivity index (χ4v) is 4.35. The third-order valence-corrected chi connectivity index (χ3v) is 6.17. The number of urea groups is 1. The Hall–Kier alpha value is -3.32. The number of hydrogen-bond donors (Lipinski definition) is 2. The lowest BCUT2D eigenvalue weighted by Crippen LogP contribution is -2.35. The maximum Gasteiger partial charge on any atom is 0.323 e. The summed E-state index contributed by atoms with van der Waals surface area (Å²) in [7, 11) is 0. The predicted molar refractivity (Wildman–Crippen MR) is 130 cm³/mol. The topological polar surface area (TPSA) is 70.7 Å². The molecule has 7 heteroatoms. The lowest BCUT2D eigenvalue weighted by atomic mass is 10.0. The van der Waals surface area contributed by atoms with Crippen LogP contribution < -0.4 is 20.3 Å². The van der Waals surface area contributed by atoms with Crippen molar-refractivity contribution >= 4 is 40.3 Å². The lowest BCUT2D eigenvalue weighted by molar-refractivity contribution is 0.0989. The van der Waals surface area contributed by atoms with Crippen molar-refractivity contribution in [1.29, 1.82) is 0 Å². The van der Waals surface area contributed by atoms with Gasteiger partial charge in [0.15, 0.2) is 0 Å². The van der Waals surface area contributed by atoms with E-state index in [-0.39, 0.29) is 11.9 Å². The van der Waals surface area contributed by atoms with Gasteiger partial charge in [-0.15, -0.1) is 11.3 Å². The molecule has 4 rings (SSSR count). The van der Waals surface area contributed by atoms with E-state index >= 15 is 0 Å². The van der Waals surface area contributed by atoms with Crippen molar-refractivity contribution < 1.29 is 14.3 Å². The molecule has 2 aromatic carbocycles. The number of fused-ring (bicyclic) bond motifs is 1. The molecule has 3 amide bonds. The van der Waals surface area contributed by atoms with Crippen molar-refractivity contribution in [3.8, 4) is 5.75 Å². The van der Waals surface area contributed by atoms with E-state index in [4.69, 9.17) is 4.74 Å². The number of amides is 3. The molecule has 0 unspecified atom stereocenters. The van der Waals surface area contributed by atoms with Crippen molar-refractivity contribution in [3.63, 3.8) is 0 Å². The van der Waals surface area contributed by atoms with Crippen molar-refractivity contribution in [2.24, 2.45) is 0 Å². The Labute approximate surface area is 192 Å². The molecule has 3 aromatic rings. The Balaban J connectivity index is 1.38. The average molecular weight is 450 g/mol. The molecule has 0 aliphatic carbocycles. The largest absolute Gasteiger partial charge is 0.494 e. The fraction of sp³-hybridized carbons (Fsp3) is 0.280. The minimum atomic E-state index is -0.313. The van der Waals surface area contributed by atoms with Crippen LogP contribution in [0.15, 0.2) is 60.0 Å². The molecule has 0 saturated carbocycles. The molecule has 0 bridgehead atoms. The van der Waals surface area contributed by atoms with E-state index in [0.717, 1.165) is 47.6 Å². The standard InChI is InChI=1S/C25H27N3O3S/c1-2-3-15-31-21-11-8-19(9-12-21)26-25(30)27-20-10-13-22-18(17-20)6-4-14-28(22)24(29)23-7-5-16-32-23/h5,7-13,16-17H,2-4,6,14-15H2,1H3,(H2,26,27,30). The highest BCUT2D eigenvalue weighted by atomic mass is 32.1. The Kier molecular flexibility index (Phi) is 7.07. The van der Waals surface area contributed by atoms with E-state index < -0.39 is 0 Å². The summed E-state index contributed by atoms with van der Waals surface area (Å²) < 4.78 is 5.65. The van der Waals surface area contributed by atoms with Gasteiger partial charge in [-0.1, -0.05) is 19.4 Å². The monoisotopic (exact) mass is 449 g/mol. The Bertz CT molecular complexity index is 1060. The zero-order valence-electron chi connectivity index (χ0n) is 18.1. The van der Waals surface area contributed by atoms with Gasteiger partial charge < -0.3 is 20.3 Å². The van der Waals surface area contributed by atoms with E-state index in [1.807, 2.05) is 64.9 Å². The van der Waals surface area contributed by atoms with Gasteiger partial charge in [-0.3, -0.25) is 4.79 Å². The minimum Gasteiger partial charge on any atom is -0.494 e. The number of nitrogens with zero attached hydrogens (tertiary/aromatic N) is 1. The Morgan fingerprint density at radius 2 is 1.84 bits per heavy atom. The Morgan fingerprint density at radius 1 is 1.06 bits per heavy atom. The molecule has 0 radical (unpaired) electrons. The number of nitrogens with one attached hydrogen (secondary N) is 2. The van der Waals surface area contributed by atoms with Gasteiger partial charge in [0.25, 0.3) is 5.91 Å². The second-order valence-corrected chi connectivity index (χ2v) is 8.63. The SMILES string of the molecule is CCCCOc1ccc(NC(=O)Nc2ccc3c(c2)CCCN3C(=O)c2cccs2)cc1. The van der Waals surface area contributed by atoms with Gasteiger partial charge >= 0.3 is 6.03 Å². The van der Waals surface area contributed by atoms with Gasteiger partial charge in [-0.25, -0.2) is 4.79 Å². The molecule has 0 spiro atoms. The molecule has 2 N–H and O–H groups in total. The van der Waals surface area contributed by atoms with Crippen molar-refractivity contribution in [2.45, 2.75) is 32.6 Å². The van der Waals surface area contributed by atoms with Crippen LogP contribution in [0.4, 0.5) is 21.9 Å². The highest BCUT2D eigenvalue weighted by molar-refractivity contribution is 7.12. The molecule has 0 atom stereocenters. The van der Waals surface area contributed by atoms with Crippen LogP contribution in [0.25, 0.3) is 0 Å². The molecule has 0 saturated heterocycles. The number of benzene rings is 2. The molecular weight excluding hydrogens is 422 g/mol. The summed E-state index contributed by atoms with van der Waals surface area (Å²) in [6, 6.07) is 16.5. The van der Waals surface area contributed by atoms with E-state index in [1.54, 1.807) is 0 Å². The molecule has 1 aliphatic heterocycles. The minimum absolute atomic E-state index is 0.0292. The molecule has 1 aromatic heterocycles. The van der Waals surface area contributed by atoms with E-state index in [0.29, 0.717) is 24.5 Å². The summed E-state index contributed by atoms with van der Waals surface area (Å²) in [5.41, 5.74) is 3.37. The predicted octanol–water partition coefficient (Wildman–Crippen LogP) is 6.16. The molecule has 6 nitrogen and oxygen atoms in total. The van der Waals surface area contributed by atoms with Gasteiger partial charge in [-0.2, -0.15) is 0 Å². The summed E-state index contributed by atoms with van der Waals surface area (Å²) in [5, 5.41) is 7.64. The second-order valence-electron chi connectivity index (χ2n) is 7.69. The van der Waals surface area contributed by atoms with Crippen LogP contribution in [0, 0.1) is 0 Å². The molecule has 0 fully saturated rings. The van der Waals surface area contributed by atoms with Gasteiger partial charge in [0.05, 0.1) is 11.5 Å². The van der Waals surface area contributed by atoms with Gasteiger partial charge in [0.2, 0.25) is 0 Å². The highest BCUT2D eigenvalue weighted by Gasteiger charge is 2.24. The summed E-state index contributed by atoms with van der Waals surface area (Å²) in [4.78, 5) is 27.9. The number of rotatable bonds is 7. The molecule has 32 heavy (non-hydrogen) atoms. The quantitative estimate of drug-likeness (QED) is 0.424. The first-order valence-electron chi connectivity index (χ1n) is 10.9. The normalized spacial score (nSPS) is 12.7. The summed E-state index contributed by atoms with van der Waals surface area (Å²) in [6.07, 6.45) is 3.88. The molecule has 1 aliphatic rings. The smallest absolute Gasteiger partial charge is 0.323 e. The first-order chi connectivity index (χ1) is 15.6. The molecule has 2 heterocycles. The lowest BCUT2D eigenvalue weighted by Gasteiger charge is -2.29. The van der Waals surface area contributed by atoms with Crippen LogP contribution in [-0.4, -0.2) is 25.1 Å². The molecule has 166 valence electrons. The zero-order valence-corrected chi connectivity index (χ0v) is 18.9. The Morgan fingerprint density at radius 3 is 2.59 bits per heavy atom.